The maximum absolute atomic E-state index is 11.6. The summed E-state index contributed by atoms with van der Waals surface area (Å²) in [6.07, 6.45) is 0.197. The van der Waals surface area contributed by atoms with Crippen LogP contribution in [0.1, 0.15) is 29.8 Å². The highest BCUT2D eigenvalue weighted by Crippen LogP contribution is 2.29. The number of rotatable bonds is 5. The molecule has 0 aliphatic rings. The minimum absolute atomic E-state index is 0.0113. The van der Waals surface area contributed by atoms with E-state index in [-0.39, 0.29) is 18.0 Å². The van der Waals surface area contributed by atoms with Gasteiger partial charge in [0.15, 0.2) is 5.78 Å². The van der Waals surface area contributed by atoms with Crippen LogP contribution in [0.4, 0.5) is 0 Å². The molecule has 0 aromatic heterocycles. The summed E-state index contributed by atoms with van der Waals surface area (Å²) in [5.74, 6) is 0.875. The summed E-state index contributed by atoms with van der Waals surface area (Å²) >= 11 is 0. The van der Waals surface area contributed by atoms with Crippen molar-refractivity contribution in [3.05, 3.63) is 23.3 Å². The Morgan fingerprint density at radius 1 is 1.12 bits per heavy atom. The Balaban J connectivity index is 3.40. The van der Waals surface area contributed by atoms with Crippen LogP contribution in [0.2, 0.25) is 0 Å². The lowest BCUT2D eigenvalue weighted by Crippen LogP contribution is -2.07. The van der Waals surface area contributed by atoms with Crippen LogP contribution in [-0.4, -0.2) is 25.8 Å². The number of Topliss-reactive ketones (excluding diaryl/α,β-unsaturated/α-hetero) is 2. The van der Waals surface area contributed by atoms with Crippen LogP contribution < -0.4 is 9.47 Å². The lowest BCUT2D eigenvalue weighted by molar-refractivity contribution is -0.116. The van der Waals surface area contributed by atoms with E-state index in [4.69, 9.17) is 9.47 Å². The Morgan fingerprint density at radius 2 is 1.76 bits per heavy atom. The first-order valence-corrected chi connectivity index (χ1v) is 5.24. The van der Waals surface area contributed by atoms with Gasteiger partial charge < -0.3 is 9.47 Å². The average molecular weight is 236 g/mol. The molecule has 0 atom stereocenters. The number of ether oxygens (including phenoxy) is 2. The van der Waals surface area contributed by atoms with Gasteiger partial charge in [0, 0.05) is 12.5 Å². The molecule has 4 nitrogen and oxygen atoms in total. The molecule has 1 aromatic rings. The normalized spacial score (nSPS) is 9.88. The van der Waals surface area contributed by atoms with Crippen molar-refractivity contribution in [1.29, 1.82) is 0 Å². The van der Waals surface area contributed by atoms with Crippen LogP contribution >= 0.6 is 0 Å². The lowest BCUT2D eigenvalue weighted by atomic mass is 9.98. The number of methoxy groups -OCH3 is 2. The van der Waals surface area contributed by atoms with Gasteiger partial charge >= 0.3 is 0 Å². The molecule has 17 heavy (non-hydrogen) atoms. The summed E-state index contributed by atoms with van der Waals surface area (Å²) in [4.78, 5) is 22.8. The SMILES string of the molecule is COc1cc(CC(C)=O)c(C(C)=O)c(OC)c1. The van der Waals surface area contributed by atoms with Crippen molar-refractivity contribution in [1.82, 2.24) is 0 Å². The number of hydrogen-bond donors (Lipinski definition) is 0. The van der Waals surface area contributed by atoms with Crippen molar-refractivity contribution in [2.75, 3.05) is 14.2 Å². The molecule has 4 heteroatoms. The van der Waals surface area contributed by atoms with Gasteiger partial charge in [-0.2, -0.15) is 0 Å². The maximum Gasteiger partial charge on any atom is 0.163 e. The van der Waals surface area contributed by atoms with Crippen LogP contribution in [0.15, 0.2) is 12.1 Å². The monoisotopic (exact) mass is 236 g/mol. The summed E-state index contributed by atoms with van der Waals surface area (Å²) in [7, 11) is 3.01. The molecule has 92 valence electrons. The molecule has 0 saturated carbocycles. The zero-order valence-corrected chi connectivity index (χ0v) is 10.5. The Hall–Kier alpha value is -1.84. The quantitative estimate of drug-likeness (QED) is 0.734. The van der Waals surface area contributed by atoms with E-state index >= 15 is 0 Å². The topological polar surface area (TPSA) is 52.6 Å². The molecule has 0 unspecified atom stereocenters. The van der Waals surface area contributed by atoms with Crippen LogP contribution in [-0.2, 0) is 11.2 Å². The van der Waals surface area contributed by atoms with Crippen LogP contribution in [0.25, 0.3) is 0 Å². The van der Waals surface area contributed by atoms with Crippen molar-refractivity contribution in [2.24, 2.45) is 0 Å². The lowest BCUT2D eigenvalue weighted by Gasteiger charge is -2.13. The van der Waals surface area contributed by atoms with Crippen LogP contribution in [0.3, 0.4) is 0 Å². The fourth-order valence-corrected chi connectivity index (χ4v) is 1.73. The number of hydrogen-bond acceptors (Lipinski definition) is 4. The third-order valence-electron chi connectivity index (χ3n) is 2.40. The minimum Gasteiger partial charge on any atom is -0.497 e. The smallest absolute Gasteiger partial charge is 0.163 e. The van der Waals surface area contributed by atoms with E-state index in [1.807, 2.05) is 0 Å². The van der Waals surface area contributed by atoms with Gasteiger partial charge in [0.25, 0.3) is 0 Å². The van der Waals surface area contributed by atoms with Gasteiger partial charge in [-0.3, -0.25) is 9.59 Å². The standard InChI is InChI=1S/C13H16O4/c1-8(14)5-10-6-11(16-3)7-12(17-4)13(10)9(2)15/h6-7H,5H2,1-4H3. The number of carbonyl (C=O) groups excluding carboxylic acids is 2. The first-order chi connectivity index (χ1) is 7.99. The first-order valence-electron chi connectivity index (χ1n) is 5.24. The maximum atomic E-state index is 11.6. The van der Waals surface area contributed by atoms with E-state index < -0.39 is 0 Å². The highest BCUT2D eigenvalue weighted by molar-refractivity contribution is 5.99. The summed E-state index contributed by atoms with van der Waals surface area (Å²) in [5.41, 5.74) is 1.09. The number of ketones is 2. The Bertz CT molecular complexity index is 449. The Labute approximate surface area is 101 Å². The molecule has 0 saturated heterocycles. The second-order valence-corrected chi connectivity index (χ2v) is 3.80. The van der Waals surface area contributed by atoms with Crippen molar-refractivity contribution < 1.29 is 19.1 Å². The van der Waals surface area contributed by atoms with Crippen molar-refractivity contribution in [3.8, 4) is 11.5 Å². The van der Waals surface area contributed by atoms with Gasteiger partial charge in [0.1, 0.15) is 17.3 Å². The number of benzene rings is 1. The summed E-state index contributed by atoms with van der Waals surface area (Å²) in [6.45, 7) is 2.93. The summed E-state index contributed by atoms with van der Waals surface area (Å²) < 4.78 is 10.3. The predicted octanol–water partition coefficient (Wildman–Crippen LogP) is 2.04. The molecule has 0 amide bonds. The molecular formula is C13H16O4. The number of carbonyl (C=O) groups is 2. The molecule has 1 rings (SSSR count). The van der Waals surface area contributed by atoms with Crippen LogP contribution in [0.5, 0.6) is 11.5 Å². The molecule has 0 bridgehead atoms. The van der Waals surface area contributed by atoms with Crippen LogP contribution in [0, 0.1) is 0 Å². The molecule has 0 heterocycles. The van der Waals surface area contributed by atoms with Crippen molar-refractivity contribution in [3.63, 3.8) is 0 Å². The van der Waals surface area contributed by atoms with E-state index in [0.29, 0.717) is 22.6 Å². The zero-order chi connectivity index (χ0) is 13.0. The molecule has 0 fully saturated rings. The molecule has 0 aliphatic carbocycles. The van der Waals surface area contributed by atoms with E-state index in [1.54, 1.807) is 12.1 Å². The zero-order valence-electron chi connectivity index (χ0n) is 10.5. The van der Waals surface area contributed by atoms with E-state index in [1.165, 1.54) is 28.1 Å². The average Bonchev–Trinajstić information content (AvgIpc) is 2.26. The Morgan fingerprint density at radius 3 is 2.18 bits per heavy atom. The van der Waals surface area contributed by atoms with Gasteiger partial charge in [-0.15, -0.1) is 0 Å². The van der Waals surface area contributed by atoms with Gasteiger partial charge in [-0.05, 0) is 25.5 Å². The highest BCUT2D eigenvalue weighted by Gasteiger charge is 2.17. The minimum atomic E-state index is -0.124. The van der Waals surface area contributed by atoms with E-state index in [0.717, 1.165) is 0 Å². The van der Waals surface area contributed by atoms with E-state index in [2.05, 4.69) is 0 Å². The molecule has 0 aliphatic heterocycles. The van der Waals surface area contributed by atoms with Gasteiger partial charge in [-0.1, -0.05) is 0 Å². The van der Waals surface area contributed by atoms with E-state index in [9.17, 15) is 9.59 Å². The first kappa shape index (κ1) is 13.2. The second-order valence-electron chi connectivity index (χ2n) is 3.80. The fraction of sp³-hybridized carbons (Fsp3) is 0.385. The fourth-order valence-electron chi connectivity index (χ4n) is 1.73. The largest absolute Gasteiger partial charge is 0.497 e. The molecule has 0 spiro atoms. The van der Waals surface area contributed by atoms with Crippen molar-refractivity contribution >= 4 is 11.6 Å². The third-order valence-corrected chi connectivity index (χ3v) is 2.40. The predicted molar refractivity (Wildman–Crippen MR) is 63.9 cm³/mol. The van der Waals surface area contributed by atoms with Crippen molar-refractivity contribution in [2.45, 2.75) is 20.3 Å². The summed E-state index contributed by atoms with van der Waals surface area (Å²) in [6, 6.07) is 3.33. The Kier molecular flexibility index (Phi) is 4.26. The summed E-state index contributed by atoms with van der Waals surface area (Å²) in [5, 5.41) is 0. The van der Waals surface area contributed by atoms with Gasteiger partial charge in [-0.25, -0.2) is 0 Å². The third kappa shape index (κ3) is 3.06. The highest BCUT2D eigenvalue weighted by atomic mass is 16.5. The molecular weight excluding hydrogens is 220 g/mol. The molecule has 1 aromatic carbocycles. The molecule has 0 N–H and O–H groups in total. The molecule has 0 radical (unpaired) electrons. The van der Waals surface area contributed by atoms with Gasteiger partial charge in [0.2, 0.25) is 0 Å². The second kappa shape index (κ2) is 5.48. The van der Waals surface area contributed by atoms with Gasteiger partial charge in [0.05, 0.1) is 19.8 Å².